The second-order valence-corrected chi connectivity index (χ2v) is 6.17. The topological polar surface area (TPSA) is 66.3 Å². The number of phenolic OH excluding ortho intramolecular Hbond substituents is 1. The lowest BCUT2D eigenvalue weighted by Crippen LogP contribution is -2.40. The number of nitrogens with zero attached hydrogens (tertiary/aromatic N) is 2. The molecule has 0 aliphatic carbocycles. The van der Waals surface area contributed by atoms with Crippen molar-refractivity contribution in [1.29, 1.82) is 0 Å². The van der Waals surface area contributed by atoms with Gasteiger partial charge < -0.3 is 24.8 Å². The number of nitrogens with one attached hydrogen (secondary N) is 1. The molecule has 0 saturated carbocycles. The first-order valence-electron chi connectivity index (χ1n) is 9.09. The Kier molecular flexibility index (Phi) is 10.5. The van der Waals surface area contributed by atoms with Crippen LogP contribution in [0.2, 0.25) is 0 Å². The molecule has 0 saturated heterocycles. The summed E-state index contributed by atoms with van der Waals surface area (Å²) in [6, 6.07) is 13.4. The van der Waals surface area contributed by atoms with Crippen LogP contribution in [0.4, 0.5) is 0 Å². The smallest absolute Gasteiger partial charge is 0.194 e. The Hall–Kier alpha value is -2.16. The molecule has 6 nitrogen and oxygen atoms in total. The third-order valence-electron chi connectivity index (χ3n) is 4.18. The largest absolute Gasteiger partial charge is 0.504 e. The SMILES string of the molecule is CCNC(=NCc1cccc(OC)c1O)N(C)CCOc1ccccc1C.I. The standard InChI is InChI=1S/C21H29N3O3.HI/c1-5-22-21(23-15-17-10-8-12-19(26-4)20(17)25)24(3)13-14-27-18-11-7-6-9-16(18)2;/h6-12,25H,5,13-15H2,1-4H3,(H,22,23);1H. The predicted molar refractivity (Wildman–Crippen MR) is 124 cm³/mol. The summed E-state index contributed by atoms with van der Waals surface area (Å²) in [5, 5.41) is 13.5. The first kappa shape index (κ1) is 23.9. The fraction of sp³-hybridized carbons (Fsp3) is 0.381. The van der Waals surface area contributed by atoms with E-state index in [-0.39, 0.29) is 29.7 Å². The van der Waals surface area contributed by atoms with Gasteiger partial charge >= 0.3 is 0 Å². The molecule has 0 unspecified atom stereocenters. The number of likely N-dealkylation sites (N-methyl/N-ethyl adjacent to an activating group) is 1. The number of aliphatic imine (C=N–C) groups is 1. The highest BCUT2D eigenvalue weighted by Gasteiger charge is 2.09. The Morgan fingerprint density at radius 2 is 1.86 bits per heavy atom. The van der Waals surface area contributed by atoms with Gasteiger partial charge in [0.15, 0.2) is 17.5 Å². The number of rotatable bonds is 8. The predicted octanol–water partition coefficient (Wildman–Crippen LogP) is 3.80. The van der Waals surface area contributed by atoms with Crippen molar-refractivity contribution in [3.8, 4) is 17.2 Å². The van der Waals surface area contributed by atoms with Gasteiger partial charge in [-0.3, -0.25) is 0 Å². The van der Waals surface area contributed by atoms with Crippen LogP contribution in [0.15, 0.2) is 47.5 Å². The molecular weight excluding hydrogens is 469 g/mol. The van der Waals surface area contributed by atoms with Gasteiger partial charge in [0.2, 0.25) is 0 Å². The van der Waals surface area contributed by atoms with E-state index >= 15 is 0 Å². The fourth-order valence-electron chi connectivity index (χ4n) is 2.61. The molecule has 2 aromatic carbocycles. The van der Waals surface area contributed by atoms with Crippen LogP contribution in [-0.2, 0) is 6.54 Å². The number of aryl methyl sites for hydroxylation is 1. The molecule has 0 aliphatic heterocycles. The molecule has 0 spiro atoms. The summed E-state index contributed by atoms with van der Waals surface area (Å²) in [6.45, 7) is 6.40. The maximum Gasteiger partial charge on any atom is 0.194 e. The number of guanidine groups is 1. The number of aromatic hydroxyl groups is 1. The van der Waals surface area contributed by atoms with Gasteiger partial charge in [-0.2, -0.15) is 0 Å². The zero-order valence-corrected chi connectivity index (χ0v) is 19.3. The van der Waals surface area contributed by atoms with E-state index in [0.717, 1.165) is 23.8 Å². The number of hydrogen-bond acceptors (Lipinski definition) is 4. The normalized spacial score (nSPS) is 10.8. The molecule has 0 bridgehead atoms. The minimum absolute atomic E-state index is 0. The summed E-state index contributed by atoms with van der Waals surface area (Å²) in [6.07, 6.45) is 0. The maximum absolute atomic E-state index is 10.2. The average molecular weight is 499 g/mol. The van der Waals surface area contributed by atoms with Crippen LogP contribution >= 0.6 is 24.0 Å². The third kappa shape index (κ3) is 6.78. The highest BCUT2D eigenvalue weighted by Crippen LogP contribution is 2.29. The van der Waals surface area contributed by atoms with Crippen LogP contribution in [0, 0.1) is 6.92 Å². The molecule has 0 aromatic heterocycles. The highest BCUT2D eigenvalue weighted by atomic mass is 127. The minimum atomic E-state index is 0. The second kappa shape index (κ2) is 12.3. The second-order valence-electron chi connectivity index (χ2n) is 6.17. The van der Waals surface area contributed by atoms with Gasteiger partial charge in [-0.05, 0) is 31.5 Å². The third-order valence-corrected chi connectivity index (χ3v) is 4.18. The van der Waals surface area contributed by atoms with Gasteiger partial charge in [-0.15, -0.1) is 24.0 Å². The summed E-state index contributed by atoms with van der Waals surface area (Å²) in [5.74, 6) is 2.24. The Labute approximate surface area is 184 Å². The summed E-state index contributed by atoms with van der Waals surface area (Å²) >= 11 is 0. The summed E-state index contributed by atoms with van der Waals surface area (Å²) in [4.78, 5) is 6.64. The van der Waals surface area contributed by atoms with Crippen molar-refractivity contribution < 1.29 is 14.6 Å². The maximum atomic E-state index is 10.2. The van der Waals surface area contributed by atoms with Gasteiger partial charge in [0.25, 0.3) is 0 Å². The van der Waals surface area contributed by atoms with E-state index in [9.17, 15) is 5.11 Å². The number of ether oxygens (including phenoxy) is 2. The molecule has 0 aliphatic rings. The van der Waals surface area contributed by atoms with Gasteiger partial charge in [0.1, 0.15) is 12.4 Å². The summed E-state index contributed by atoms with van der Waals surface area (Å²) in [5.41, 5.74) is 1.84. The average Bonchev–Trinajstić information content (AvgIpc) is 2.67. The van der Waals surface area contributed by atoms with Crippen molar-refractivity contribution in [3.05, 3.63) is 53.6 Å². The first-order chi connectivity index (χ1) is 13.1. The number of hydrogen-bond donors (Lipinski definition) is 2. The molecular formula is C21H30IN3O3. The van der Waals surface area contributed by atoms with Gasteiger partial charge in [0, 0.05) is 19.2 Å². The van der Waals surface area contributed by atoms with Crippen molar-refractivity contribution >= 4 is 29.9 Å². The number of methoxy groups -OCH3 is 1. The summed E-state index contributed by atoms with van der Waals surface area (Å²) < 4.78 is 11.0. The number of para-hydroxylation sites is 2. The number of phenols is 1. The Bertz CT molecular complexity index is 768. The first-order valence-corrected chi connectivity index (χ1v) is 9.09. The van der Waals surface area contributed by atoms with Crippen molar-refractivity contribution in [3.63, 3.8) is 0 Å². The van der Waals surface area contributed by atoms with E-state index < -0.39 is 0 Å². The molecule has 28 heavy (non-hydrogen) atoms. The molecule has 0 heterocycles. The van der Waals surface area contributed by atoms with E-state index in [2.05, 4.69) is 10.3 Å². The van der Waals surface area contributed by atoms with Crippen molar-refractivity contribution in [2.75, 3.05) is 33.9 Å². The lowest BCUT2D eigenvalue weighted by molar-refractivity contribution is 0.280. The van der Waals surface area contributed by atoms with Crippen LogP contribution in [0.5, 0.6) is 17.2 Å². The lowest BCUT2D eigenvalue weighted by atomic mass is 10.2. The quantitative estimate of drug-likeness (QED) is 0.329. The van der Waals surface area contributed by atoms with Crippen LogP contribution in [0.25, 0.3) is 0 Å². The van der Waals surface area contributed by atoms with Gasteiger partial charge in [-0.25, -0.2) is 4.99 Å². The molecule has 0 radical (unpaired) electrons. The molecule has 0 amide bonds. The van der Waals surface area contributed by atoms with Crippen LogP contribution < -0.4 is 14.8 Å². The molecule has 7 heteroatoms. The van der Waals surface area contributed by atoms with E-state index in [1.165, 1.54) is 7.11 Å². The van der Waals surface area contributed by atoms with E-state index in [0.29, 0.717) is 31.0 Å². The van der Waals surface area contributed by atoms with Crippen molar-refractivity contribution in [2.45, 2.75) is 20.4 Å². The molecule has 154 valence electrons. The Balaban J connectivity index is 0.00000392. The molecule has 0 atom stereocenters. The molecule has 2 rings (SSSR count). The van der Waals surface area contributed by atoms with Crippen LogP contribution in [0.1, 0.15) is 18.1 Å². The van der Waals surface area contributed by atoms with Crippen LogP contribution in [-0.4, -0.2) is 49.8 Å². The monoisotopic (exact) mass is 499 g/mol. The van der Waals surface area contributed by atoms with E-state index in [1.807, 2.05) is 62.2 Å². The molecule has 2 aromatic rings. The highest BCUT2D eigenvalue weighted by molar-refractivity contribution is 14.0. The van der Waals surface area contributed by atoms with Gasteiger partial charge in [0.05, 0.1) is 20.2 Å². The summed E-state index contributed by atoms with van der Waals surface area (Å²) in [7, 11) is 3.50. The fourth-order valence-corrected chi connectivity index (χ4v) is 2.61. The van der Waals surface area contributed by atoms with Crippen molar-refractivity contribution in [1.82, 2.24) is 10.2 Å². The zero-order chi connectivity index (χ0) is 19.6. The van der Waals surface area contributed by atoms with E-state index in [4.69, 9.17) is 9.47 Å². The van der Waals surface area contributed by atoms with Crippen molar-refractivity contribution in [2.24, 2.45) is 4.99 Å². The van der Waals surface area contributed by atoms with Crippen LogP contribution in [0.3, 0.4) is 0 Å². The van der Waals surface area contributed by atoms with E-state index in [1.54, 1.807) is 6.07 Å². The van der Waals surface area contributed by atoms with Gasteiger partial charge in [-0.1, -0.05) is 30.3 Å². The Morgan fingerprint density at radius 1 is 1.14 bits per heavy atom. The number of benzene rings is 2. The molecule has 2 N–H and O–H groups in total. The lowest BCUT2D eigenvalue weighted by Gasteiger charge is -2.22. The zero-order valence-electron chi connectivity index (χ0n) is 16.9. The Morgan fingerprint density at radius 3 is 2.54 bits per heavy atom. The molecule has 0 fully saturated rings. The number of halogens is 1. The minimum Gasteiger partial charge on any atom is -0.504 e.